The number of aromatic nitrogens is 3. The first kappa shape index (κ1) is 28.8. The molecule has 2 aliphatic rings. The summed E-state index contributed by atoms with van der Waals surface area (Å²) in [5, 5.41) is 14.7. The molecule has 2 aliphatic carbocycles. The summed E-state index contributed by atoms with van der Waals surface area (Å²) in [7, 11) is 0. The van der Waals surface area contributed by atoms with Crippen LogP contribution < -0.4 is 15.4 Å². The van der Waals surface area contributed by atoms with Gasteiger partial charge in [0.1, 0.15) is 35.6 Å². The Morgan fingerprint density at radius 2 is 1.93 bits per heavy atom. The number of ether oxygens (including phenoxy) is 1. The van der Waals surface area contributed by atoms with Gasteiger partial charge in [-0.1, -0.05) is 0 Å². The first-order chi connectivity index (χ1) is 19.4. The Morgan fingerprint density at radius 3 is 2.59 bits per heavy atom. The molecule has 5 rings (SSSR count). The number of hydrogen-bond acceptors (Lipinski definition) is 6. The van der Waals surface area contributed by atoms with Gasteiger partial charge in [0.05, 0.1) is 29.3 Å². The van der Waals surface area contributed by atoms with E-state index in [1.54, 1.807) is 6.92 Å². The number of carbonyl (C=O) groups is 2. The van der Waals surface area contributed by atoms with Crippen molar-refractivity contribution in [2.75, 3.05) is 6.61 Å². The van der Waals surface area contributed by atoms with E-state index >= 15 is 0 Å². The van der Waals surface area contributed by atoms with Crippen molar-refractivity contribution in [2.24, 2.45) is 5.92 Å². The number of halogens is 4. The van der Waals surface area contributed by atoms with Crippen molar-refractivity contribution in [3.63, 3.8) is 0 Å². The first-order valence-electron chi connectivity index (χ1n) is 13.5. The Kier molecular flexibility index (Phi) is 7.91. The minimum absolute atomic E-state index is 0.0260. The van der Waals surface area contributed by atoms with Crippen LogP contribution in [0.4, 0.5) is 17.6 Å². The van der Waals surface area contributed by atoms with Gasteiger partial charge in [-0.15, -0.1) is 0 Å². The topological polar surface area (TPSA) is 129 Å². The summed E-state index contributed by atoms with van der Waals surface area (Å²) in [6.07, 6.45) is -3.44. The number of H-pyrrole nitrogens is 1. The molecule has 4 N–H and O–H groups in total. The number of hydrogen-bond donors (Lipinski definition) is 4. The highest BCUT2D eigenvalue weighted by Crippen LogP contribution is 2.40. The third-order valence-corrected chi connectivity index (χ3v) is 7.55. The maximum Gasteiger partial charge on any atom is 0.416 e. The highest BCUT2D eigenvalue weighted by molar-refractivity contribution is 6.09. The van der Waals surface area contributed by atoms with Crippen molar-refractivity contribution in [3.05, 3.63) is 41.3 Å². The summed E-state index contributed by atoms with van der Waals surface area (Å²) in [6.45, 7) is 3.31. The second kappa shape index (κ2) is 11.3. The van der Waals surface area contributed by atoms with Crippen LogP contribution in [-0.2, 0) is 11.0 Å². The van der Waals surface area contributed by atoms with E-state index in [1.165, 1.54) is 19.3 Å². The fourth-order valence-corrected chi connectivity index (χ4v) is 5.08. The number of aryl methyl sites for hydroxylation is 1. The van der Waals surface area contributed by atoms with Crippen molar-refractivity contribution in [2.45, 2.75) is 76.5 Å². The molecule has 1 aromatic carbocycles. The van der Waals surface area contributed by atoms with E-state index in [2.05, 4.69) is 25.6 Å². The van der Waals surface area contributed by atoms with Crippen molar-refractivity contribution in [1.29, 1.82) is 0 Å². The van der Waals surface area contributed by atoms with Crippen LogP contribution in [0, 0.1) is 12.8 Å². The fourth-order valence-electron chi connectivity index (χ4n) is 5.08. The molecule has 41 heavy (non-hydrogen) atoms. The molecule has 9 nitrogen and oxygen atoms in total. The number of amides is 2. The largest absolute Gasteiger partial charge is 0.493 e. The zero-order valence-electron chi connectivity index (χ0n) is 22.5. The van der Waals surface area contributed by atoms with E-state index in [0.29, 0.717) is 24.6 Å². The minimum Gasteiger partial charge on any atom is -0.493 e. The van der Waals surface area contributed by atoms with Crippen molar-refractivity contribution < 1.29 is 37.0 Å². The lowest BCUT2D eigenvalue weighted by Gasteiger charge is -2.32. The van der Waals surface area contributed by atoms with Gasteiger partial charge >= 0.3 is 6.18 Å². The Balaban J connectivity index is 1.41. The van der Waals surface area contributed by atoms with Crippen LogP contribution in [-0.4, -0.2) is 62.8 Å². The molecular weight excluding hydrogens is 546 g/mol. The summed E-state index contributed by atoms with van der Waals surface area (Å²) in [4.78, 5) is 36.6. The molecule has 0 aliphatic heterocycles. The molecule has 0 bridgehead atoms. The number of nitrogens with one attached hydrogen (secondary N) is 3. The lowest BCUT2D eigenvalue weighted by molar-refractivity contribution is -0.137. The number of aromatic amines is 1. The first-order valence-corrected chi connectivity index (χ1v) is 13.5. The van der Waals surface area contributed by atoms with Gasteiger partial charge in [0, 0.05) is 23.7 Å². The van der Waals surface area contributed by atoms with E-state index in [0.717, 1.165) is 25.0 Å². The van der Waals surface area contributed by atoms with E-state index in [4.69, 9.17) is 4.74 Å². The zero-order chi connectivity index (χ0) is 29.5. The van der Waals surface area contributed by atoms with Crippen LogP contribution in [0.3, 0.4) is 0 Å². The summed E-state index contributed by atoms with van der Waals surface area (Å²) < 4.78 is 61.7. The van der Waals surface area contributed by atoms with Crippen molar-refractivity contribution in [3.8, 4) is 17.0 Å². The highest BCUT2D eigenvalue weighted by atomic mass is 19.4. The third kappa shape index (κ3) is 6.29. The number of rotatable bonds is 8. The van der Waals surface area contributed by atoms with Crippen molar-refractivity contribution in [1.82, 2.24) is 25.6 Å². The lowest BCUT2D eigenvalue weighted by atomic mass is 9.89. The second-order valence-corrected chi connectivity index (χ2v) is 10.8. The standard InChI is InChI=1S/C28H31F4N5O4/c1-13-22(27(40)37-20-7-6-17(10-19(20)29)36-26(39)14(2)38)24-25(35-13)23(33-12-34-24)18-9-16(28(30,31)32)5-8-21(18)41-11-15-3-4-15/h5,8-9,12,14-15,17,19-20,35,38H,3-4,6-7,10-11H2,1-2H3,(H,36,39)(H,37,40)/t14-,17-,19+,20+/m0/s1. The Bertz CT molecular complexity index is 1450. The van der Waals surface area contributed by atoms with Gasteiger partial charge in [0.25, 0.3) is 5.91 Å². The third-order valence-electron chi connectivity index (χ3n) is 7.55. The predicted octanol–water partition coefficient (Wildman–Crippen LogP) is 4.23. The Hall–Kier alpha value is -3.74. The average Bonchev–Trinajstić information content (AvgIpc) is 3.67. The van der Waals surface area contributed by atoms with Gasteiger partial charge in [0.15, 0.2) is 0 Å². The van der Waals surface area contributed by atoms with Gasteiger partial charge in [0.2, 0.25) is 5.91 Å². The van der Waals surface area contributed by atoms with E-state index in [1.807, 2.05) is 0 Å². The number of fused-ring (bicyclic) bond motifs is 1. The van der Waals surface area contributed by atoms with Gasteiger partial charge in [-0.2, -0.15) is 13.2 Å². The molecule has 2 fully saturated rings. The summed E-state index contributed by atoms with van der Waals surface area (Å²) >= 11 is 0. The van der Waals surface area contributed by atoms with Crippen LogP contribution in [0.1, 0.15) is 60.6 Å². The number of aliphatic hydroxyl groups excluding tert-OH is 1. The number of nitrogens with zero attached hydrogens (tertiary/aromatic N) is 2. The molecule has 3 aromatic rings. The van der Waals surface area contributed by atoms with Gasteiger partial charge < -0.3 is 25.5 Å². The fraction of sp³-hybridized carbons (Fsp3) is 0.500. The van der Waals surface area contributed by atoms with Gasteiger partial charge in [-0.25, -0.2) is 14.4 Å². The maximum atomic E-state index is 15.0. The predicted molar refractivity (Wildman–Crippen MR) is 141 cm³/mol. The molecule has 2 heterocycles. The number of benzene rings is 1. The monoisotopic (exact) mass is 577 g/mol. The Labute approximate surface area is 233 Å². The zero-order valence-corrected chi connectivity index (χ0v) is 22.5. The van der Waals surface area contributed by atoms with Crippen molar-refractivity contribution >= 4 is 22.8 Å². The molecule has 4 atom stereocenters. The van der Waals surface area contributed by atoms with Crippen LogP contribution >= 0.6 is 0 Å². The maximum absolute atomic E-state index is 15.0. The molecule has 0 spiro atoms. The van der Waals surface area contributed by atoms with E-state index in [-0.39, 0.29) is 46.4 Å². The summed E-state index contributed by atoms with van der Waals surface area (Å²) in [5.41, 5.74) is 0.353. The van der Waals surface area contributed by atoms with Gasteiger partial charge in [-0.05, 0) is 63.6 Å². The van der Waals surface area contributed by atoms with E-state index < -0.39 is 47.9 Å². The highest BCUT2D eigenvalue weighted by Gasteiger charge is 2.35. The van der Waals surface area contributed by atoms with Crippen LogP contribution in [0.5, 0.6) is 5.75 Å². The molecule has 2 aromatic heterocycles. The van der Waals surface area contributed by atoms with Crippen LogP contribution in [0.2, 0.25) is 0 Å². The molecule has 0 saturated heterocycles. The number of alkyl halides is 4. The molecule has 0 radical (unpaired) electrons. The lowest BCUT2D eigenvalue weighted by Crippen LogP contribution is -2.51. The normalized spacial score (nSPS) is 21.9. The summed E-state index contributed by atoms with van der Waals surface area (Å²) in [5.74, 6) is -0.575. The molecule has 2 saturated carbocycles. The minimum atomic E-state index is -4.59. The quantitative estimate of drug-likeness (QED) is 0.297. The van der Waals surface area contributed by atoms with Gasteiger partial charge in [-0.3, -0.25) is 9.59 Å². The smallest absolute Gasteiger partial charge is 0.416 e. The molecule has 220 valence electrons. The second-order valence-electron chi connectivity index (χ2n) is 10.8. The molecule has 0 unspecified atom stereocenters. The molecule has 13 heteroatoms. The molecular formula is C28H31F4N5O4. The van der Waals surface area contributed by atoms with Crippen LogP contribution in [0.15, 0.2) is 24.5 Å². The Morgan fingerprint density at radius 1 is 1.17 bits per heavy atom. The molecule has 2 amide bonds. The van der Waals surface area contributed by atoms with E-state index in [9.17, 15) is 32.3 Å². The number of aliphatic hydroxyl groups is 1. The average molecular weight is 578 g/mol. The SMILES string of the molecule is Cc1[nH]c2c(-c3cc(C(F)(F)F)ccc3OCC3CC3)ncnc2c1C(=O)N[C@@H]1CC[C@H](NC(=O)[C@H](C)O)C[C@H]1F. The number of carbonyl (C=O) groups excluding carboxylic acids is 2. The summed E-state index contributed by atoms with van der Waals surface area (Å²) in [6, 6.07) is 1.93. The van der Waals surface area contributed by atoms with Crippen LogP contribution in [0.25, 0.3) is 22.3 Å².